The number of hydrogen-bond acceptors (Lipinski definition) is 2. The zero-order valence-electron chi connectivity index (χ0n) is 14.4. The zero-order chi connectivity index (χ0) is 18.1. The van der Waals surface area contributed by atoms with Gasteiger partial charge in [-0.25, -0.2) is 4.79 Å². The van der Waals surface area contributed by atoms with Crippen molar-refractivity contribution in [3.05, 3.63) is 65.3 Å². The molecule has 0 saturated heterocycles. The molecular weight excluding hydrogens is 348 g/mol. The molecule has 1 aliphatic carbocycles. The average Bonchev–Trinajstić information content (AvgIpc) is 3.37. The van der Waals surface area contributed by atoms with E-state index in [-0.39, 0.29) is 6.03 Å². The molecule has 5 nitrogen and oxygen atoms in total. The summed E-state index contributed by atoms with van der Waals surface area (Å²) in [6.45, 7) is 0. The van der Waals surface area contributed by atoms with Crippen LogP contribution in [0.3, 0.4) is 0 Å². The van der Waals surface area contributed by atoms with E-state index < -0.39 is 0 Å². The van der Waals surface area contributed by atoms with E-state index in [1.165, 1.54) is 18.4 Å². The minimum absolute atomic E-state index is 0.308. The molecule has 2 amide bonds. The molecule has 26 heavy (non-hydrogen) atoms. The standard InChI is InChI=1S/C20H19ClN4O/c1-25-19(18(12-22-25)13-8-9-13)14-4-2-6-16(10-14)23-20(26)24-17-7-3-5-15(21)11-17/h2-7,10-13H,8-9H2,1H3,(H2,23,24,26). The van der Waals surface area contributed by atoms with E-state index in [1.807, 2.05) is 42.2 Å². The van der Waals surface area contributed by atoms with E-state index in [0.717, 1.165) is 16.9 Å². The number of amides is 2. The first-order chi connectivity index (χ1) is 12.6. The number of hydrogen-bond donors (Lipinski definition) is 2. The van der Waals surface area contributed by atoms with Crippen LogP contribution in [0.25, 0.3) is 11.3 Å². The van der Waals surface area contributed by atoms with Crippen molar-refractivity contribution in [3.63, 3.8) is 0 Å². The number of carbonyl (C=O) groups excluding carboxylic acids is 1. The highest BCUT2D eigenvalue weighted by Crippen LogP contribution is 2.44. The number of nitrogens with one attached hydrogen (secondary N) is 2. The molecule has 2 aromatic carbocycles. The van der Waals surface area contributed by atoms with Gasteiger partial charge in [0.1, 0.15) is 0 Å². The molecule has 0 unspecified atom stereocenters. The van der Waals surface area contributed by atoms with Crippen LogP contribution < -0.4 is 10.6 Å². The molecule has 3 aromatic rings. The Morgan fingerprint density at radius 2 is 1.81 bits per heavy atom. The van der Waals surface area contributed by atoms with Gasteiger partial charge in [0.05, 0.1) is 11.9 Å². The number of anilines is 2. The number of halogens is 1. The van der Waals surface area contributed by atoms with Gasteiger partial charge >= 0.3 is 6.03 Å². The minimum atomic E-state index is -0.308. The summed E-state index contributed by atoms with van der Waals surface area (Å²) in [4.78, 5) is 12.3. The Labute approximate surface area is 157 Å². The molecule has 0 spiro atoms. The fourth-order valence-electron chi connectivity index (χ4n) is 3.11. The van der Waals surface area contributed by atoms with Gasteiger partial charge < -0.3 is 10.6 Å². The van der Waals surface area contributed by atoms with Crippen LogP contribution in [-0.2, 0) is 7.05 Å². The molecular formula is C20H19ClN4O. The average molecular weight is 367 g/mol. The fourth-order valence-corrected chi connectivity index (χ4v) is 3.30. The van der Waals surface area contributed by atoms with E-state index in [0.29, 0.717) is 16.6 Å². The summed E-state index contributed by atoms with van der Waals surface area (Å²) in [6, 6.07) is 14.6. The van der Waals surface area contributed by atoms with Crippen LogP contribution in [0.5, 0.6) is 0 Å². The summed E-state index contributed by atoms with van der Waals surface area (Å²) >= 11 is 5.95. The molecule has 0 aliphatic heterocycles. The van der Waals surface area contributed by atoms with Crippen LogP contribution in [0.1, 0.15) is 24.3 Å². The molecule has 0 bridgehead atoms. The van der Waals surface area contributed by atoms with Crippen molar-refractivity contribution in [1.29, 1.82) is 0 Å². The van der Waals surface area contributed by atoms with Crippen molar-refractivity contribution in [2.45, 2.75) is 18.8 Å². The van der Waals surface area contributed by atoms with E-state index in [1.54, 1.807) is 24.3 Å². The molecule has 132 valence electrons. The molecule has 0 radical (unpaired) electrons. The van der Waals surface area contributed by atoms with Crippen LogP contribution in [0, 0.1) is 0 Å². The van der Waals surface area contributed by atoms with Gasteiger partial charge in [0.15, 0.2) is 0 Å². The molecule has 1 heterocycles. The summed E-state index contributed by atoms with van der Waals surface area (Å²) in [6.07, 6.45) is 4.40. The quantitative estimate of drug-likeness (QED) is 0.661. The Morgan fingerprint density at radius 3 is 2.50 bits per heavy atom. The van der Waals surface area contributed by atoms with Crippen LogP contribution in [0.15, 0.2) is 54.7 Å². The van der Waals surface area contributed by atoms with Gasteiger partial charge in [0.2, 0.25) is 0 Å². The van der Waals surface area contributed by atoms with Gasteiger partial charge in [-0.1, -0.05) is 29.8 Å². The molecule has 6 heteroatoms. The molecule has 1 fully saturated rings. The highest BCUT2D eigenvalue weighted by atomic mass is 35.5. The predicted molar refractivity (Wildman–Crippen MR) is 105 cm³/mol. The highest BCUT2D eigenvalue weighted by Gasteiger charge is 2.28. The van der Waals surface area contributed by atoms with Gasteiger partial charge in [-0.2, -0.15) is 5.10 Å². The third-order valence-corrected chi connectivity index (χ3v) is 4.70. The largest absolute Gasteiger partial charge is 0.323 e. The molecule has 1 saturated carbocycles. The lowest BCUT2D eigenvalue weighted by Gasteiger charge is -2.11. The monoisotopic (exact) mass is 366 g/mol. The molecule has 2 N–H and O–H groups in total. The molecule has 1 aromatic heterocycles. The zero-order valence-corrected chi connectivity index (χ0v) is 15.1. The Bertz CT molecular complexity index is 962. The molecule has 1 aliphatic rings. The molecule has 4 rings (SSSR count). The second kappa shape index (κ2) is 6.84. The lowest BCUT2D eigenvalue weighted by Crippen LogP contribution is -2.19. The van der Waals surface area contributed by atoms with E-state index in [4.69, 9.17) is 11.6 Å². The third-order valence-electron chi connectivity index (χ3n) is 4.46. The highest BCUT2D eigenvalue weighted by molar-refractivity contribution is 6.30. The van der Waals surface area contributed by atoms with Gasteiger partial charge in [0.25, 0.3) is 0 Å². The second-order valence-electron chi connectivity index (χ2n) is 6.52. The molecule has 0 atom stereocenters. The number of aryl methyl sites for hydroxylation is 1. The lowest BCUT2D eigenvalue weighted by atomic mass is 10.0. The van der Waals surface area contributed by atoms with Crippen molar-refractivity contribution >= 4 is 29.0 Å². The normalized spacial score (nSPS) is 13.5. The second-order valence-corrected chi connectivity index (χ2v) is 6.95. The van der Waals surface area contributed by atoms with Crippen LogP contribution in [0.4, 0.5) is 16.2 Å². The summed E-state index contributed by atoms with van der Waals surface area (Å²) in [7, 11) is 1.95. The first kappa shape index (κ1) is 16.7. The number of carbonyl (C=O) groups is 1. The van der Waals surface area contributed by atoms with Gasteiger partial charge in [-0.05, 0) is 49.1 Å². The number of aromatic nitrogens is 2. The van der Waals surface area contributed by atoms with Crippen LogP contribution in [0.2, 0.25) is 5.02 Å². The lowest BCUT2D eigenvalue weighted by molar-refractivity contribution is 0.262. The predicted octanol–water partition coefficient (Wildman–Crippen LogP) is 5.26. The van der Waals surface area contributed by atoms with E-state index in [9.17, 15) is 4.79 Å². The summed E-state index contributed by atoms with van der Waals surface area (Å²) in [5.41, 5.74) is 4.82. The maximum absolute atomic E-state index is 12.3. The van der Waals surface area contributed by atoms with Crippen molar-refractivity contribution in [1.82, 2.24) is 9.78 Å². The smallest absolute Gasteiger partial charge is 0.308 e. The van der Waals surface area contributed by atoms with Crippen molar-refractivity contribution in [3.8, 4) is 11.3 Å². The van der Waals surface area contributed by atoms with Crippen molar-refractivity contribution < 1.29 is 4.79 Å². The third kappa shape index (κ3) is 3.58. The Kier molecular flexibility index (Phi) is 4.39. The summed E-state index contributed by atoms with van der Waals surface area (Å²) in [5, 5.41) is 10.6. The Morgan fingerprint density at radius 1 is 1.12 bits per heavy atom. The van der Waals surface area contributed by atoms with Crippen molar-refractivity contribution in [2.24, 2.45) is 7.05 Å². The Balaban J connectivity index is 1.53. The van der Waals surface area contributed by atoms with E-state index >= 15 is 0 Å². The number of benzene rings is 2. The topological polar surface area (TPSA) is 59.0 Å². The van der Waals surface area contributed by atoms with Crippen molar-refractivity contribution in [2.75, 3.05) is 10.6 Å². The maximum atomic E-state index is 12.3. The van der Waals surface area contributed by atoms with Crippen LogP contribution in [-0.4, -0.2) is 15.8 Å². The number of nitrogens with zero attached hydrogens (tertiary/aromatic N) is 2. The fraction of sp³-hybridized carbons (Fsp3) is 0.200. The number of rotatable bonds is 4. The first-order valence-corrected chi connectivity index (χ1v) is 8.94. The maximum Gasteiger partial charge on any atom is 0.323 e. The minimum Gasteiger partial charge on any atom is -0.308 e. The first-order valence-electron chi connectivity index (χ1n) is 8.56. The summed E-state index contributed by atoms with van der Waals surface area (Å²) < 4.78 is 1.90. The van der Waals surface area contributed by atoms with E-state index in [2.05, 4.69) is 15.7 Å². The SMILES string of the molecule is Cn1ncc(C2CC2)c1-c1cccc(NC(=O)Nc2cccc(Cl)c2)c1. The van der Waals surface area contributed by atoms with Gasteiger partial charge in [-0.3, -0.25) is 4.68 Å². The van der Waals surface area contributed by atoms with Gasteiger partial charge in [-0.15, -0.1) is 0 Å². The number of urea groups is 1. The van der Waals surface area contributed by atoms with Crippen LogP contribution >= 0.6 is 11.6 Å². The van der Waals surface area contributed by atoms with Gasteiger partial charge in [0, 0.05) is 34.6 Å². The Hall–Kier alpha value is -2.79. The summed E-state index contributed by atoms with van der Waals surface area (Å²) in [5.74, 6) is 0.612.